The van der Waals surface area contributed by atoms with E-state index < -0.39 is 17.3 Å². The van der Waals surface area contributed by atoms with Crippen molar-refractivity contribution in [2.75, 3.05) is 19.0 Å². The van der Waals surface area contributed by atoms with Crippen molar-refractivity contribution in [2.45, 2.75) is 11.4 Å². The lowest BCUT2D eigenvalue weighted by Gasteiger charge is -2.44. The number of para-hydroxylation sites is 2. The van der Waals surface area contributed by atoms with Gasteiger partial charge in [0.05, 0.1) is 16.6 Å². The van der Waals surface area contributed by atoms with Gasteiger partial charge in [0.15, 0.2) is 0 Å². The third kappa shape index (κ3) is 3.70. The number of β-lactam (4-membered cyclic amide) rings is 1. The van der Waals surface area contributed by atoms with Crippen LogP contribution in [-0.2, 0) is 4.79 Å². The van der Waals surface area contributed by atoms with Crippen molar-refractivity contribution in [3.63, 3.8) is 0 Å². The van der Waals surface area contributed by atoms with Gasteiger partial charge in [-0.05, 0) is 35.9 Å². The summed E-state index contributed by atoms with van der Waals surface area (Å²) in [7, 11) is 3.91. The first-order valence-corrected chi connectivity index (χ1v) is 11.0. The van der Waals surface area contributed by atoms with Crippen molar-refractivity contribution in [3.8, 4) is 11.4 Å². The molecule has 1 saturated heterocycles. The van der Waals surface area contributed by atoms with E-state index in [-0.39, 0.29) is 5.91 Å². The van der Waals surface area contributed by atoms with Crippen LogP contribution in [0.15, 0.2) is 72.8 Å². The first kappa shape index (κ1) is 21.0. The topological polar surface area (TPSA) is 81.3 Å². The average Bonchev–Trinajstić information content (AvgIpc) is 3.28. The summed E-state index contributed by atoms with van der Waals surface area (Å²) >= 11 is 6.33. The molecule has 3 aromatic carbocycles. The van der Waals surface area contributed by atoms with Gasteiger partial charge in [-0.1, -0.05) is 42.5 Å². The predicted octanol–water partition coefficient (Wildman–Crippen LogP) is 4.13. The second kappa shape index (κ2) is 8.26. The van der Waals surface area contributed by atoms with Gasteiger partial charge in [0.25, 0.3) is 11.8 Å². The van der Waals surface area contributed by atoms with Crippen LogP contribution in [0.3, 0.4) is 0 Å². The zero-order valence-electron chi connectivity index (χ0n) is 18.1. The zero-order chi connectivity index (χ0) is 23.1. The predicted molar refractivity (Wildman–Crippen MR) is 129 cm³/mol. The fourth-order valence-electron chi connectivity index (χ4n) is 4.00. The number of nitrogens with one attached hydrogen (secondary N) is 2. The summed E-state index contributed by atoms with van der Waals surface area (Å²) in [5.41, 5.74) is 7.38. The van der Waals surface area contributed by atoms with E-state index in [9.17, 15) is 9.59 Å². The average molecular weight is 460 g/mol. The molecule has 33 heavy (non-hydrogen) atoms. The lowest BCUT2D eigenvalue weighted by atomic mass is 9.95. The van der Waals surface area contributed by atoms with Crippen LogP contribution in [0.4, 0.5) is 5.69 Å². The number of amides is 2. The first-order valence-electron chi connectivity index (χ1n) is 10.5. The Morgan fingerprint density at radius 1 is 1.03 bits per heavy atom. The maximum absolute atomic E-state index is 13.2. The van der Waals surface area contributed by atoms with Gasteiger partial charge in [0.1, 0.15) is 17.2 Å². The number of rotatable bonds is 5. The minimum absolute atomic E-state index is 0.340. The highest BCUT2D eigenvalue weighted by Gasteiger charge is 2.48. The van der Waals surface area contributed by atoms with E-state index in [1.807, 2.05) is 79.7 Å². The Kier molecular flexibility index (Phi) is 5.26. The molecule has 0 aliphatic carbocycles. The van der Waals surface area contributed by atoms with E-state index in [1.165, 1.54) is 5.01 Å². The number of hydrogen-bond acceptors (Lipinski definition) is 4. The summed E-state index contributed by atoms with van der Waals surface area (Å²) in [6.45, 7) is 0. The summed E-state index contributed by atoms with van der Waals surface area (Å²) in [4.78, 5) is 35.6. The Bertz CT molecular complexity index is 1320. The molecule has 166 valence electrons. The van der Waals surface area contributed by atoms with Crippen LogP contribution in [0.5, 0.6) is 0 Å². The number of fused-ring (bicyclic) bond motifs is 1. The molecular formula is C25H22ClN5O2. The molecular weight excluding hydrogens is 438 g/mol. The molecule has 0 saturated carbocycles. The second-order valence-corrected chi connectivity index (χ2v) is 8.60. The summed E-state index contributed by atoms with van der Waals surface area (Å²) < 4.78 is 0. The minimum Gasteiger partial charge on any atom is -0.378 e. The number of nitrogens with zero attached hydrogens (tertiary/aromatic N) is 3. The molecule has 2 N–H and O–H groups in total. The van der Waals surface area contributed by atoms with Crippen LogP contribution >= 0.6 is 11.6 Å². The van der Waals surface area contributed by atoms with E-state index in [0.29, 0.717) is 17.0 Å². The van der Waals surface area contributed by atoms with Crippen LogP contribution in [0.2, 0.25) is 0 Å². The fraction of sp³-hybridized carbons (Fsp3) is 0.160. The van der Waals surface area contributed by atoms with E-state index in [2.05, 4.69) is 15.4 Å². The summed E-state index contributed by atoms with van der Waals surface area (Å²) in [6.07, 6.45) is 0. The second-order valence-electron chi connectivity index (χ2n) is 8.13. The first-order chi connectivity index (χ1) is 15.9. The summed E-state index contributed by atoms with van der Waals surface area (Å²) in [5.74, 6) is -0.159. The third-order valence-electron chi connectivity index (χ3n) is 5.82. The number of H-pyrrole nitrogens is 1. The third-order valence-corrected chi connectivity index (χ3v) is 6.24. The summed E-state index contributed by atoms with van der Waals surface area (Å²) in [5, 5.41) is 0.571. The molecule has 1 aliphatic heterocycles. The Labute approximate surface area is 196 Å². The van der Waals surface area contributed by atoms with Gasteiger partial charge in [-0.3, -0.25) is 15.0 Å². The molecule has 0 spiro atoms. The molecule has 1 aliphatic rings. The Hall–Kier alpha value is -3.84. The molecule has 0 bridgehead atoms. The number of aromatic nitrogens is 2. The Balaban J connectivity index is 1.42. The van der Waals surface area contributed by atoms with Crippen molar-refractivity contribution in [1.29, 1.82) is 0 Å². The van der Waals surface area contributed by atoms with Gasteiger partial charge in [-0.15, -0.1) is 11.6 Å². The standard InChI is InChI=1S/C25H22ClN5O2/c1-30(2)16-13-11-15(12-14-16)22-21(26)25(33)31(22)29-24(32)18-8-4-3-7-17(18)23-27-19-9-5-6-10-20(19)28-23/h3-14,21-22H,1-2H3,(H,27,28)(H,29,32). The monoisotopic (exact) mass is 459 g/mol. The summed E-state index contributed by atoms with van der Waals surface area (Å²) in [6, 6.07) is 22.1. The van der Waals surface area contributed by atoms with Gasteiger partial charge in [-0.25, -0.2) is 9.99 Å². The quantitative estimate of drug-likeness (QED) is 0.347. The number of hydrogen-bond donors (Lipinski definition) is 2. The van der Waals surface area contributed by atoms with Crippen molar-refractivity contribution in [2.24, 2.45) is 0 Å². The van der Waals surface area contributed by atoms with Crippen molar-refractivity contribution >= 4 is 40.1 Å². The number of carbonyl (C=O) groups excluding carboxylic acids is 2. The molecule has 5 rings (SSSR count). The normalized spacial score (nSPS) is 17.7. The van der Waals surface area contributed by atoms with Gasteiger partial charge in [-0.2, -0.15) is 0 Å². The number of aromatic amines is 1. The van der Waals surface area contributed by atoms with E-state index in [1.54, 1.807) is 12.1 Å². The molecule has 2 atom stereocenters. The van der Waals surface area contributed by atoms with Gasteiger partial charge >= 0.3 is 0 Å². The number of halogens is 1. The largest absolute Gasteiger partial charge is 0.378 e. The van der Waals surface area contributed by atoms with E-state index >= 15 is 0 Å². The number of anilines is 1. The molecule has 7 nitrogen and oxygen atoms in total. The highest BCUT2D eigenvalue weighted by atomic mass is 35.5. The smallest absolute Gasteiger partial charge is 0.270 e. The van der Waals surface area contributed by atoms with Crippen LogP contribution in [0.25, 0.3) is 22.4 Å². The van der Waals surface area contributed by atoms with Crippen LogP contribution in [0, 0.1) is 0 Å². The molecule has 2 heterocycles. The number of carbonyl (C=O) groups is 2. The van der Waals surface area contributed by atoms with E-state index in [4.69, 9.17) is 11.6 Å². The Morgan fingerprint density at radius 2 is 1.73 bits per heavy atom. The molecule has 8 heteroatoms. The highest BCUT2D eigenvalue weighted by Crippen LogP contribution is 2.38. The number of hydrazine groups is 1. The highest BCUT2D eigenvalue weighted by molar-refractivity contribution is 6.33. The molecule has 0 radical (unpaired) electrons. The number of benzene rings is 3. The lowest BCUT2D eigenvalue weighted by molar-refractivity contribution is -0.149. The number of imidazole rings is 1. The molecule has 4 aromatic rings. The van der Waals surface area contributed by atoms with Crippen LogP contribution in [0.1, 0.15) is 22.0 Å². The van der Waals surface area contributed by atoms with Crippen molar-refractivity contribution < 1.29 is 9.59 Å². The van der Waals surface area contributed by atoms with Crippen molar-refractivity contribution in [1.82, 2.24) is 20.4 Å². The molecule has 1 fully saturated rings. The number of alkyl halides is 1. The maximum Gasteiger partial charge on any atom is 0.270 e. The SMILES string of the molecule is CN(C)c1ccc(C2C(Cl)C(=O)N2NC(=O)c2ccccc2-c2nc3ccccc3[nH]2)cc1. The molecule has 2 amide bonds. The maximum atomic E-state index is 13.2. The van der Waals surface area contributed by atoms with Crippen molar-refractivity contribution in [3.05, 3.63) is 83.9 Å². The lowest BCUT2D eigenvalue weighted by Crippen LogP contribution is -2.63. The van der Waals surface area contributed by atoms with Gasteiger partial charge in [0, 0.05) is 25.3 Å². The minimum atomic E-state index is -0.735. The molecule has 2 unspecified atom stereocenters. The zero-order valence-corrected chi connectivity index (χ0v) is 18.9. The van der Waals surface area contributed by atoms with Crippen LogP contribution in [-0.4, -0.2) is 46.3 Å². The van der Waals surface area contributed by atoms with Gasteiger partial charge < -0.3 is 9.88 Å². The fourth-order valence-corrected chi connectivity index (χ4v) is 4.37. The Morgan fingerprint density at radius 3 is 2.45 bits per heavy atom. The van der Waals surface area contributed by atoms with Gasteiger partial charge in [0.2, 0.25) is 0 Å². The molecule has 1 aromatic heterocycles. The van der Waals surface area contributed by atoms with Crippen LogP contribution < -0.4 is 10.3 Å². The van der Waals surface area contributed by atoms with E-state index in [0.717, 1.165) is 22.3 Å².